The van der Waals surface area contributed by atoms with Gasteiger partial charge in [-0.15, -0.1) is 0 Å². The molecule has 0 atom stereocenters. The lowest BCUT2D eigenvalue weighted by atomic mass is 9.76. The van der Waals surface area contributed by atoms with Gasteiger partial charge in [0.25, 0.3) is 0 Å². The topological polar surface area (TPSA) is 9.23 Å². The van der Waals surface area contributed by atoms with Gasteiger partial charge in [-0.1, -0.05) is 44.5 Å². The zero-order chi connectivity index (χ0) is 12.0. The fourth-order valence-corrected chi connectivity index (χ4v) is 2.09. The van der Waals surface area contributed by atoms with Crippen LogP contribution in [0, 0.1) is 0 Å². The van der Waals surface area contributed by atoms with Crippen molar-refractivity contribution in [1.82, 2.24) is 0 Å². The molecule has 0 aliphatic carbocycles. The van der Waals surface area contributed by atoms with Crippen LogP contribution < -0.4 is 0 Å². The zero-order valence-electron chi connectivity index (χ0n) is 10.4. The van der Waals surface area contributed by atoms with Crippen molar-refractivity contribution in [2.75, 3.05) is 13.2 Å². The fourth-order valence-electron chi connectivity index (χ4n) is 1.96. The number of ether oxygens (including phenoxy) is 1. The van der Waals surface area contributed by atoms with Crippen LogP contribution in [0.25, 0.3) is 0 Å². The predicted octanol–water partition coefficient (Wildman–Crippen LogP) is 4.43. The van der Waals surface area contributed by atoms with E-state index in [2.05, 4.69) is 19.1 Å². The molecule has 0 spiro atoms. The first-order valence-electron chi connectivity index (χ1n) is 6.04. The number of hydrogen-bond donors (Lipinski definition) is 0. The van der Waals surface area contributed by atoms with Crippen molar-refractivity contribution in [3.8, 4) is 0 Å². The molecular formula is C14H21ClO. The molecule has 0 aromatic heterocycles. The summed E-state index contributed by atoms with van der Waals surface area (Å²) in [5.41, 5.74) is 1.66. The lowest BCUT2D eigenvalue weighted by Gasteiger charge is -2.34. The van der Waals surface area contributed by atoms with Crippen molar-refractivity contribution < 1.29 is 4.74 Å². The molecule has 1 aliphatic heterocycles. The molecule has 2 rings (SSSR count). The monoisotopic (exact) mass is 240 g/mol. The summed E-state index contributed by atoms with van der Waals surface area (Å²) < 4.78 is 5.38. The molecular weight excluding hydrogens is 220 g/mol. The summed E-state index contributed by atoms with van der Waals surface area (Å²) in [5, 5.41) is 0.810. The molecule has 0 N–H and O–H groups in total. The molecule has 2 heteroatoms. The first-order chi connectivity index (χ1) is 7.71. The lowest BCUT2D eigenvalue weighted by molar-refractivity contribution is 0.0564. The first-order valence-corrected chi connectivity index (χ1v) is 6.42. The van der Waals surface area contributed by atoms with Crippen LogP contribution in [0.1, 0.15) is 39.2 Å². The molecule has 16 heavy (non-hydrogen) atoms. The molecule has 1 aromatic rings. The Morgan fingerprint density at radius 2 is 1.56 bits per heavy atom. The van der Waals surface area contributed by atoms with Crippen LogP contribution in [0.2, 0.25) is 5.02 Å². The van der Waals surface area contributed by atoms with E-state index < -0.39 is 0 Å². The highest BCUT2D eigenvalue weighted by Crippen LogP contribution is 2.34. The van der Waals surface area contributed by atoms with Crippen molar-refractivity contribution >= 4 is 11.6 Å². The molecule has 0 bridgehead atoms. The lowest BCUT2D eigenvalue weighted by Crippen LogP contribution is -2.30. The van der Waals surface area contributed by atoms with E-state index in [1.54, 1.807) is 0 Å². The highest BCUT2D eigenvalue weighted by Gasteiger charge is 2.28. The van der Waals surface area contributed by atoms with Crippen molar-refractivity contribution in [2.45, 2.75) is 39.0 Å². The second-order valence-corrected chi connectivity index (χ2v) is 4.62. The van der Waals surface area contributed by atoms with E-state index in [1.807, 2.05) is 26.0 Å². The summed E-state index contributed by atoms with van der Waals surface area (Å²) in [4.78, 5) is 0. The van der Waals surface area contributed by atoms with E-state index in [0.717, 1.165) is 31.1 Å². The number of benzene rings is 1. The van der Waals surface area contributed by atoms with E-state index in [4.69, 9.17) is 16.3 Å². The Balaban J connectivity index is 0.000000606. The van der Waals surface area contributed by atoms with Crippen LogP contribution in [-0.4, -0.2) is 13.2 Å². The Bertz CT molecular complexity index is 299. The first kappa shape index (κ1) is 13.5. The van der Waals surface area contributed by atoms with Crippen molar-refractivity contribution in [2.24, 2.45) is 0 Å². The molecule has 1 aliphatic rings. The van der Waals surface area contributed by atoms with Gasteiger partial charge in [-0.3, -0.25) is 0 Å². The van der Waals surface area contributed by atoms with Gasteiger partial charge >= 0.3 is 0 Å². The van der Waals surface area contributed by atoms with Gasteiger partial charge in [-0.25, -0.2) is 0 Å². The molecule has 1 aromatic carbocycles. The Kier molecular flexibility index (Phi) is 5.30. The van der Waals surface area contributed by atoms with E-state index in [1.165, 1.54) is 5.56 Å². The van der Waals surface area contributed by atoms with Crippen LogP contribution in [-0.2, 0) is 10.2 Å². The third kappa shape index (κ3) is 3.23. The SMILES string of the molecule is CC.CC1(c2ccc(Cl)cc2)CCOCC1. The average molecular weight is 241 g/mol. The van der Waals surface area contributed by atoms with Gasteiger partial charge in [0.05, 0.1) is 0 Å². The van der Waals surface area contributed by atoms with E-state index in [9.17, 15) is 0 Å². The van der Waals surface area contributed by atoms with Crippen LogP contribution >= 0.6 is 11.6 Å². The Labute approximate surface area is 104 Å². The summed E-state index contributed by atoms with van der Waals surface area (Å²) in [7, 11) is 0. The summed E-state index contributed by atoms with van der Waals surface area (Å²) in [6, 6.07) is 8.20. The second-order valence-electron chi connectivity index (χ2n) is 4.18. The summed E-state index contributed by atoms with van der Waals surface area (Å²) in [5.74, 6) is 0. The average Bonchev–Trinajstić information content (AvgIpc) is 2.33. The molecule has 0 saturated carbocycles. The van der Waals surface area contributed by atoms with Gasteiger partial charge < -0.3 is 4.74 Å². The Hall–Kier alpha value is -0.530. The van der Waals surface area contributed by atoms with E-state index in [0.29, 0.717) is 0 Å². The number of halogens is 1. The second kappa shape index (κ2) is 6.27. The molecule has 0 radical (unpaired) electrons. The molecule has 0 amide bonds. The Morgan fingerprint density at radius 1 is 1.06 bits per heavy atom. The van der Waals surface area contributed by atoms with Crippen LogP contribution in [0.3, 0.4) is 0 Å². The zero-order valence-corrected chi connectivity index (χ0v) is 11.2. The maximum atomic E-state index is 5.87. The van der Waals surface area contributed by atoms with Gasteiger partial charge in [-0.2, -0.15) is 0 Å². The number of hydrogen-bond acceptors (Lipinski definition) is 1. The fraction of sp³-hybridized carbons (Fsp3) is 0.571. The van der Waals surface area contributed by atoms with E-state index >= 15 is 0 Å². The van der Waals surface area contributed by atoms with Crippen molar-refractivity contribution in [1.29, 1.82) is 0 Å². The quantitative estimate of drug-likeness (QED) is 0.706. The molecule has 0 unspecified atom stereocenters. The minimum absolute atomic E-state index is 0.281. The van der Waals surface area contributed by atoms with Gasteiger partial charge in [0.1, 0.15) is 0 Å². The van der Waals surface area contributed by atoms with E-state index in [-0.39, 0.29) is 5.41 Å². The summed E-state index contributed by atoms with van der Waals surface area (Å²) >= 11 is 5.87. The third-order valence-corrected chi connectivity index (χ3v) is 3.39. The molecule has 1 nitrogen and oxygen atoms in total. The number of rotatable bonds is 1. The third-order valence-electron chi connectivity index (χ3n) is 3.14. The summed E-state index contributed by atoms with van der Waals surface area (Å²) in [6.07, 6.45) is 2.21. The minimum atomic E-state index is 0.281. The smallest absolute Gasteiger partial charge is 0.0474 e. The normalized spacial score (nSPS) is 18.5. The van der Waals surface area contributed by atoms with Crippen molar-refractivity contribution in [3.63, 3.8) is 0 Å². The van der Waals surface area contributed by atoms with Crippen LogP contribution in [0.5, 0.6) is 0 Å². The predicted molar refractivity (Wildman–Crippen MR) is 70.2 cm³/mol. The standard InChI is InChI=1S/C12H15ClO.C2H6/c1-12(6-8-14-9-7-12)10-2-4-11(13)5-3-10;1-2/h2-5H,6-9H2,1H3;1-2H3. The Morgan fingerprint density at radius 3 is 2.06 bits per heavy atom. The maximum absolute atomic E-state index is 5.87. The molecule has 1 fully saturated rings. The maximum Gasteiger partial charge on any atom is 0.0474 e. The van der Waals surface area contributed by atoms with Crippen LogP contribution in [0.4, 0.5) is 0 Å². The van der Waals surface area contributed by atoms with Gasteiger partial charge in [0, 0.05) is 18.2 Å². The summed E-state index contributed by atoms with van der Waals surface area (Å²) in [6.45, 7) is 8.05. The van der Waals surface area contributed by atoms with Gasteiger partial charge in [0.2, 0.25) is 0 Å². The molecule has 1 heterocycles. The van der Waals surface area contributed by atoms with Gasteiger partial charge in [0.15, 0.2) is 0 Å². The van der Waals surface area contributed by atoms with Crippen LogP contribution in [0.15, 0.2) is 24.3 Å². The van der Waals surface area contributed by atoms with Crippen molar-refractivity contribution in [3.05, 3.63) is 34.9 Å². The molecule has 90 valence electrons. The molecule has 1 saturated heterocycles. The largest absolute Gasteiger partial charge is 0.381 e. The highest BCUT2D eigenvalue weighted by atomic mass is 35.5. The van der Waals surface area contributed by atoms with Gasteiger partial charge in [-0.05, 0) is 36.0 Å². The highest BCUT2D eigenvalue weighted by molar-refractivity contribution is 6.30. The minimum Gasteiger partial charge on any atom is -0.381 e.